The van der Waals surface area contributed by atoms with E-state index in [4.69, 9.17) is 20.6 Å². The summed E-state index contributed by atoms with van der Waals surface area (Å²) < 4.78 is 15.8. The van der Waals surface area contributed by atoms with E-state index in [2.05, 4.69) is 11.2 Å². The van der Waals surface area contributed by atoms with Crippen LogP contribution in [0.4, 0.5) is 4.79 Å². The summed E-state index contributed by atoms with van der Waals surface area (Å²) >= 11 is 0. The standard InChI is InChI=1S/C20H27NO5/c1-6-15-10-11-16(14-21-19(23)26-20(3,4)5)17(13-15)25-12-8-9-18(22)24-7-2/h1,10-11,13H,7-9,12,14H2,2-5H3,(H,21,23). The zero-order chi connectivity index (χ0) is 19.6. The summed E-state index contributed by atoms with van der Waals surface area (Å²) in [6, 6.07) is 5.31. The lowest BCUT2D eigenvalue weighted by Gasteiger charge is -2.20. The van der Waals surface area contributed by atoms with Gasteiger partial charge in [-0.3, -0.25) is 4.79 Å². The molecule has 1 amide bonds. The Morgan fingerprint density at radius 1 is 1.27 bits per heavy atom. The molecule has 1 N–H and O–H groups in total. The molecule has 1 aromatic rings. The number of carbonyl (C=O) groups is 2. The van der Waals surface area contributed by atoms with Crippen molar-refractivity contribution in [2.75, 3.05) is 13.2 Å². The van der Waals surface area contributed by atoms with Crippen molar-refractivity contribution >= 4 is 12.1 Å². The number of alkyl carbamates (subject to hydrolysis) is 1. The Morgan fingerprint density at radius 2 is 2.00 bits per heavy atom. The summed E-state index contributed by atoms with van der Waals surface area (Å²) in [5.74, 6) is 2.87. The smallest absolute Gasteiger partial charge is 0.407 e. The highest BCUT2D eigenvalue weighted by molar-refractivity contribution is 5.69. The number of ether oxygens (including phenoxy) is 3. The van der Waals surface area contributed by atoms with Crippen molar-refractivity contribution in [2.24, 2.45) is 0 Å². The first-order chi connectivity index (χ1) is 12.2. The van der Waals surface area contributed by atoms with E-state index in [-0.39, 0.29) is 18.9 Å². The maximum atomic E-state index is 11.8. The molecule has 26 heavy (non-hydrogen) atoms. The van der Waals surface area contributed by atoms with Gasteiger partial charge in [0.2, 0.25) is 0 Å². The van der Waals surface area contributed by atoms with Gasteiger partial charge in [-0.05, 0) is 46.2 Å². The molecule has 0 saturated heterocycles. The zero-order valence-electron chi connectivity index (χ0n) is 15.9. The molecule has 0 aliphatic carbocycles. The molecule has 0 aromatic heterocycles. The first-order valence-corrected chi connectivity index (χ1v) is 8.60. The lowest BCUT2D eigenvalue weighted by molar-refractivity contribution is -0.143. The molecule has 1 aromatic carbocycles. The van der Waals surface area contributed by atoms with Crippen LogP contribution in [0, 0.1) is 12.3 Å². The first-order valence-electron chi connectivity index (χ1n) is 8.60. The molecule has 6 heteroatoms. The van der Waals surface area contributed by atoms with E-state index in [9.17, 15) is 9.59 Å². The van der Waals surface area contributed by atoms with Crippen LogP contribution in [-0.2, 0) is 20.8 Å². The number of carbonyl (C=O) groups excluding carboxylic acids is 2. The number of amides is 1. The minimum Gasteiger partial charge on any atom is -0.493 e. The highest BCUT2D eigenvalue weighted by atomic mass is 16.6. The third-order valence-electron chi connectivity index (χ3n) is 3.14. The van der Waals surface area contributed by atoms with E-state index in [1.165, 1.54) is 0 Å². The van der Waals surface area contributed by atoms with Crippen LogP contribution in [0.3, 0.4) is 0 Å². The van der Waals surface area contributed by atoms with Crippen molar-refractivity contribution in [3.8, 4) is 18.1 Å². The average Bonchev–Trinajstić information content (AvgIpc) is 2.56. The molecule has 0 unspecified atom stereocenters. The summed E-state index contributed by atoms with van der Waals surface area (Å²) in [6.45, 7) is 8.11. The van der Waals surface area contributed by atoms with Crippen molar-refractivity contribution in [1.29, 1.82) is 0 Å². The number of terminal acetylenes is 1. The fourth-order valence-corrected chi connectivity index (χ4v) is 2.04. The molecule has 0 fully saturated rings. The number of esters is 1. The number of rotatable bonds is 8. The summed E-state index contributed by atoms with van der Waals surface area (Å²) in [7, 11) is 0. The van der Waals surface area contributed by atoms with Gasteiger partial charge in [-0.2, -0.15) is 0 Å². The van der Waals surface area contributed by atoms with Gasteiger partial charge in [-0.15, -0.1) is 6.42 Å². The van der Waals surface area contributed by atoms with Crippen molar-refractivity contribution in [3.63, 3.8) is 0 Å². The molecule has 0 radical (unpaired) electrons. The van der Waals surface area contributed by atoms with Gasteiger partial charge in [0.15, 0.2) is 0 Å². The fourth-order valence-electron chi connectivity index (χ4n) is 2.04. The molecule has 1 rings (SSSR count). The van der Waals surface area contributed by atoms with Gasteiger partial charge >= 0.3 is 12.1 Å². The summed E-state index contributed by atoms with van der Waals surface area (Å²) in [6.07, 6.45) is 5.74. The topological polar surface area (TPSA) is 73.9 Å². The highest BCUT2D eigenvalue weighted by Gasteiger charge is 2.16. The maximum Gasteiger partial charge on any atom is 0.407 e. The summed E-state index contributed by atoms with van der Waals surface area (Å²) in [4.78, 5) is 23.2. The third kappa shape index (κ3) is 8.43. The molecule has 142 valence electrons. The van der Waals surface area contributed by atoms with Gasteiger partial charge in [-0.1, -0.05) is 12.0 Å². The van der Waals surface area contributed by atoms with Crippen LogP contribution in [0.15, 0.2) is 18.2 Å². The predicted molar refractivity (Wildman–Crippen MR) is 98.8 cm³/mol. The van der Waals surface area contributed by atoms with E-state index >= 15 is 0 Å². The van der Waals surface area contributed by atoms with Crippen LogP contribution in [0.25, 0.3) is 0 Å². The van der Waals surface area contributed by atoms with Crippen LogP contribution in [0.5, 0.6) is 5.75 Å². The number of hydrogen-bond acceptors (Lipinski definition) is 5. The largest absolute Gasteiger partial charge is 0.493 e. The van der Waals surface area contributed by atoms with Crippen molar-refractivity contribution in [2.45, 2.75) is 52.7 Å². The SMILES string of the molecule is C#Cc1ccc(CNC(=O)OC(C)(C)C)c(OCCCC(=O)OCC)c1. The van der Waals surface area contributed by atoms with E-state index in [0.717, 1.165) is 5.56 Å². The molecule has 0 atom stereocenters. The minimum atomic E-state index is -0.566. The van der Waals surface area contributed by atoms with Crippen LogP contribution in [-0.4, -0.2) is 30.9 Å². The Balaban J connectivity index is 2.64. The monoisotopic (exact) mass is 361 g/mol. The normalized spacial score (nSPS) is 10.6. The van der Waals surface area contributed by atoms with Crippen LogP contribution >= 0.6 is 0 Å². The zero-order valence-corrected chi connectivity index (χ0v) is 15.9. The molecule has 0 bridgehead atoms. The van der Waals surface area contributed by atoms with Crippen LogP contribution in [0.1, 0.15) is 51.7 Å². The lowest BCUT2D eigenvalue weighted by Crippen LogP contribution is -2.32. The van der Waals surface area contributed by atoms with Crippen LogP contribution < -0.4 is 10.1 Å². The van der Waals surface area contributed by atoms with Gasteiger partial charge in [0, 0.05) is 24.1 Å². The van der Waals surface area contributed by atoms with Gasteiger partial charge in [0.1, 0.15) is 11.4 Å². The second kappa shape index (κ2) is 10.3. The van der Waals surface area contributed by atoms with E-state index in [1.807, 2.05) is 0 Å². The average molecular weight is 361 g/mol. The molecule has 0 heterocycles. The van der Waals surface area contributed by atoms with E-state index in [1.54, 1.807) is 45.9 Å². The van der Waals surface area contributed by atoms with Crippen LogP contribution in [0.2, 0.25) is 0 Å². The number of nitrogens with one attached hydrogen (secondary N) is 1. The fraction of sp³-hybridized carbons (Fsp3) is 0.500. The molecule has 0 saturated carbocycles. The number of benzene rings is 1. The molecule has 0 aliphatic heterocycles. The van der Waals surface area contributed by atoms with Crippen molar-refractivity contribution < 1.29 is 23.8 Å². The summed E-state index contributed by atoms with van der Waals surface area (Å²) in [5, 5.41) is 2.69. The Bertz CT molecular complexity index is 655. The van der Waals surface area contributed by atoms with Gasteiger partial charge in [-0.25, -0.2) is 4.79 Å². The quantitative estimate of drug-likeness (QED) is 0.436. The Kier molecular flexibility index (Phi) is 8.50. The van der Waals surface area contributed by atoms with Crippen molar-refractivity contribution in [1.82, 2.24) is 5.32 Å². The molecule has 0 aliphatic rings. The Labute approximate surface area is 155 Å². The van der Waals surface area contributed by atoms with Gasteiger partial charge in [0.05, 0.1) is 13.2 Å². The third-order valence-corrected chi connectivity index (χ3v) is 3.14. The first kappa shape index (κ1) is 21.4. The molecule has 0 spiro atoms. The lowest BCUT2D eigenvalue weighted by atomic mass is 10.1. The number of hydrogen-bond donors (Lipinski definition) is 1. The Hall–Kier alpha value is -2.68. The maximum absolute atomic E-state index is 11.8. The second-order valence-corrected chi connectivity index (χ2v) is 6.58. The minimum absolute atomic E-state index is 0.243. The van der Waals surface area contributed by atoms with E-state index in [0.29, 0.717) is 30.9 Å². The molecular formula is C20H27NO5. The summed E-state index contributed by atoms with van der Waals surface area (Å²) in [5.41, 5.74) is 0.876. The van der Waals surface area contributed by atoms with Gasteiger partial charge < -0.3 is 19.5 Å². The van der Waals surface area contributed by atoms with Gasteiger partial charge in [0.25, 0.3) is 0 Å². The Morgan fingerprint density at radius 3 is 2.62 bits per heavy atom. The molecular weight excluding hydrogens is 334 g/mol. The highest BCUT2D eigenvalue weighted by Crippen LogP contribution is 2.21. The predicted octanol–water partition coefficient (Wildman–Crippen LogP) is 3.41. The molecule has 6 nitrogen and oxygen atoms in total. The second-order valence-electron chi connectivity index (χ2n) is 6.58. The van der Waals surface area contributed by atoms with Crippen molar-refractivity contribution in [3.05, 3.63) is 29.3 Å². The van der Waals surface area contributed by atoms with E-state index < -0.39 is 11.7 Å².